The molecular weight excluding hydrogens is 729 g/mol. The van der Waals surface area contributed by atoms with E-state index in [1.807, 2.05) is 69.3 Å². The summed E-state index contributed by atoms with van der Waals surface area (Å²) in [7, 11) is 0. The van der Waals surface area contributed by atoms with Gasteiger partial charge >= 0.3 is 5.97 Å². The van der Waals surface area contributed by atoms with Crippen LogP contribution in [0.1, 0.15) is 81.5 Å². The maximum Gasteiger partial charge on any atom is 0.329 e. The molecule has 0 radical (unpaired) electrons. The van der Waals surface area contributed by atoms with Crippen LogP contribution in [0.25, 0.3) is 0 Å². The summed E-state index contributed by atoms with van der Waals surface area (Å²) < 4.78 is 5.98. The molecule has 0 bridgehead atoms. The van der Waals surface area contributed by atoms with Gasteiger partial charge < -0.3 is 35.4 Å². The summed E-state index contributed by atoms with van der Waals surface area (Å²) in [6, 6.07) is 8.83. The summed E-state index contributed by atoms with van der Waals surface area (Å²) in [4.78, 5) is 103. The van der Waals surface area contributed by atoms with Crippen molar-refractivity contribution >= 4 is 41.4 Å². The minimum atomic E-state index is -1.45. The molecule has 2 aromatic rings. The number of carbonyl (C=O) groups is 7. The van der Waals surface area contributed by atoms with Crippen LogP contribution in [0.2, 0.25) is 0 Å². The molecule has 4 heterocycles. The van der Waals surface area contributed by atoms with Crippen molar-refractivity contribution in [3.63, 3.8) is 0 Å². The molecule has 8 atom stereocenters. The third kappa shape index (κ3) is 9.65. The van der Waals surface area contributed by atoms with E-state index in [1.54, 1.807) is 6.92 Å². The molecule has 0 aromatic heterocycles. The topological polar surface area (TPSA) is 175 Å². The maximum atomic E-state index is 14.8. The zero-order valence-electron chi connectivity index (χ0n) is 33.6. The Morgan fingerprint density at radius 3 is 2.23 bits per heavy atom. The second-order valence-electron chi connectivity index (χ2n) is 16.4. The first-order valence-corrected chi connectivity index (χ1v) is 20.3. The van der Waals surface area contributed by atoms with Crippen molar-refractivity contribution in [2.24, 2.45) is 5.92 Å². The van der Waals surface area contributed by atoms with E-state index in [1.165, 1.54) is 21.6 Å². The van der Waals surface area contributed by atoms with Crippen molar-refractivity contribution in [1.82, 2.24) is 30.7 Å². The minimum Gasteiger partial charge on any atom is -0.458 e. The van der Waals surface area contributed by atoms with Crippen molar-refractivity contribution in [2.75, 3.05) is 19.6 Å². The third-order valence-corrected chi connectivity index (χ3v) is 11.7. The summed E-state index contributed by atoms with van der Waals surface area (Å²) in [5, 5.41) is 8.52. The minimum absolute atomic E-state index is 0.0228. The van der Waals surface area contributed by atoms with Gasteiger partial charge in [-0.15, -0.1) is 0 Å². The molecule has 3 N–H and O–H groups in total. The van der Waals surface area contributed by atoms with Crippen molar-refractivity contribution in [3.8, 4) is 0 Å². The molecule has 2 aromatic carbocycles. The van der Waals surface area contributed by atoms with Gasteiger partial charge in [0.1, 0.15) is 42.4 Å². The average molecular weight is 785 g/mol. The standard InChI is InChI=1S/C43H56N6O8/c1-25-14-16-30(17-15-25)23-36(50)45-32(22-31-11-8-10-26(2)20-31)38(51)46-37-29(5)57-43(56)35-21-27(3)24-49(35)40(53)28(4)44-39(52)33-12-6-7-18-47(33)41(54)34-13-9-19-48(34)42(37)55/h8,10-11,14-17,20,27-29,32-35,37H,6-7,9,12-13,18-19,21-24H2,1-5H3,(H,44,52)(H,45,50)(H,46,51)/t27-,28-,29-,32-,33-,34-,35-,37-/m0/s1. The highest BCUT2D eigenvalue weighted by Gasteiger charge is 2.47. The maximum absolute atomic E-state index is 14.8. The van der Waals surface area contributed by atoms with Crippen molar-refractivity contribution in [3.05, 3.63) is 70.8 Å². The van der Waals surface area contributed by atoms with E-state index in [0.717, 1.165) is 22.3 Å². The van der Waals surface area contributed by atoms with Gasteiger partial charge in [-0.05, 0) is 83.3 Å². The number of piperidine rings is 1. The smallest absolute Gasteiger partial charge is 0.329 e. The first kappa shape index (κ1) is 41.4. The first-order chi connectivity index (χ1) is 27.2. The predicted octanol–water partition coefficient (Wildman–Crippen LogP) is 2.12. The fourth-order valence-corrected chi connectivity index (χ4v) is 8.64. The highest BCUT2D eigenvalue weighted by Crippen LogP contribution is 2.29. The van der Waals surface area contributed by atoms with Gasteiger partial charge in [0.05, 0.1) is 6.42 Å². The SMILES string of the molecule is Cc1ccc(CC(=O)N[C@@H](Cc2cccc(C)c2)C(=O)N[C@@H]2C(=O)N3CCC[C@H]3C(=O)N3CCCC[C@H]3C(=O)N[C@@H](C)C(=O)N3C[C@@H](C)C[C@H]3C(=O)O[C@H]2C)cc1. The molecule has 4 saturated heterocycles. The van der Waals surface area contributed by atoms with Crippen LogP contribution >= 0.6 is 0 Å². The lowest BCUT2D eigenvalue weighted by molar-refractivity contribution is -0.163. The van der Waals surface area contributed by atoms with Crippen LogP contribution in [-0.4, -0.2) is 118 Å². The largest absolute Gasteiger partial charge is 0.458 e. The number of ether oxygens (including phenoxy) is 1. The third-order valence-electron chi connectivity index (χ3n) is 11.7. The van der Waals surface area contributed by atoms with Gasteiger partial charge in [0.2, 0.25) is 35.4 Å². The number of rotatable bonds is 7. The Morgan fingerprint density at radius 1 is 0.789 bits per heavy atom. The molecule has 14 nitrogen and oxygen atoms in total. The van der Waals surface area contributed by atoms with Crippen LogP contribution in [0.4, 0.5) is 0 Å². The van der Waals surface area contributed by atoms with Gasteiger partial charge in [-0.1, -0.05) is 66.6 Å². The number of fused-ring (bicyclic) bond motifs is 3. The molecule has 0 unspecified atom stereocenters. The summed E-state index contributed by atoms with van der Waals surface area (Å²) in [6.45, 7) is 9.67. The summed E-state index contributed by atoms with van der Waals surface area (Å²) >= 11 is 0. The number of amides is 6. The van der Waals surface area contributed by atoms with Crippen molar-refractivity contribution in [1.29, 1.82) is 0 Å². The highest BCUT2D eigenvalue weighted by atomic mass is 16.5. The van der Waals surface area contributed by atoms with E-state index >= 15 is 0 Å². The van der Waals surface area contributed by atoms with Crippen LogP contribution in [0.15, 0.2) is 48.5 Å². The van der Waals surface area contributed by atoms with Crippen molar-refractivity contribution < 1.29 is 38.3 Å². The average Bonchev–Trinajstić information content (AvgIpc) is 3.83. The second kappa shape index (κ2) is 17.9. The van der Waals surface area contributed by atoms with Gasteiger partial charge in [-0.25, -0.2) is 4.79 Å². The van der Waals surface area contributed by atoms with E-state index in [4.69, 9.17) is 4.74 Å². The Kier molecular flexibility index (Phi) is 13.0. The number of carbonyl (C=O) groups excluding carboxylic acids is 7. The van der Waals surface area contributed by atoms with E-state index in [2.05, 4.69) is 16.0 Å². The number of hydrogen-bond donors (Lipinski definition) is 3. The Balaban J connectivity index is 1.33. The Bertz CT molecular complexity index is 1870. The molecule has 0 saturated carbocycles. The fraction of sp³-hybridized carbons (Fsp3) is 0.558. The van der Waals surface area contributed by atoms with Crippen LogP contribution in [0.5, 0.6) is 0 Å². The van der Waals surface area contributed by atoms with Gasteiger partial charge in [0.15, 0.2) is 0 Å². The predicted molar refractivity (Wildman–Crippen MR) is 210 cm³/mol. The lowest BCUT2D eigenvalue weighted by Crippen LogP contribution is -2.63. The molecule has 306 valence electrons. The van der Waals surface area contributed by atoms with Gasteiger partial charge in [0, 0.05) is 26.1 Å². The Labute approximate surface area is 334 Å². The van der Waals surface area contributed by atoms with Gasteiger partial charge in [-0.3, -0.25) is 28.8 Å². The number of esters is 1. The Hall–Kier alpha value is -5.27. The number of benzene rings is 2. The molecule has 4 fully saturated rings. The van der Waals surface area contributed by atoms with Crippen LogP contribution in [0, 0.1) is 19.8 Å². The molecule has 0 aliphatic carbocycles. The molecule has 6 amide bonds. The highest BCUT2D eigenvalue weighted by molar-refractivity contribution is 5.98. The second-order valence-corrected chi connectivity index (χ2v) is 16.4. The van der Waals surface area contributed by atoms with Crippen molar-refractivity contribution in [2.45, 2.75) is 128 Å². The van der Waals surface area contributed by atoms with Gasteiger partial charge in [0.25, 0.3) is 0 Å². The number of cyclic esters (lactones) is 1. The van der Waals surface area contributed by atoms with E-state index in [0.29, 0.717) is 45.1 Å². The zero-order chi connectivity index (χ0) is 41.0. The molecular formula is C43H56N6O8. The molecule has 4 aliphatic heterocycles. The monoisotopic (exact) mass is 784 g/mol. The van der Waals surface area contributed by atoms with E-state index < -0.39 is 77.9 Å². The number of aryl methyl sites for hydroxylation is 2. The molecule has 14 heteroatoms. The lowest BCUT2D eigenvalue weighted by atomic mass is 9.99. The zero-order valence-corrected chi connectivity index (χ0v) is 33.6. The first-order valence-electron chi connectivity index (χ1n) is 20.3. The summed E-state index contributed by atoms with van der Waals surface area (Å²) in [5.74, 6) is -3.76. The van der Waals surface area contributed by atoms with Crippen LogP contribution in [-0.2, 0) is 51.1 Å². The number of nitrogens with zero attached hydrogens (tertiary/aromatic N) is 3. The lowest BCUT2D eigenvalue weighted by Gasteiger charge is -2.39. The molecule has 6 rings (SSSR count). The summed E-state index contributed by atoms with van der Waals surface area (Å²) in [5.41, 5.74) is 3.56. The number of nitrogens with one attached hydrogen (secondary N) is 3. The summed E-state index contributed by atoms with van der Waals surface area (Å²) in [6.07, 6.45) is 1.87. The Morgan fingerprint density at radius 2 is 1.49 bits per heavy atom. The molecule has 4 aliphatic rings. The molecule has 57 heavy (non-hydrogen) atoms. The number of hydrogen-bond acceptors (Lipinski definition) is 8. The van der Waals surface area contributed by atoms with Crippen LogP contribution in [0.3, 0.4) is 0 Å². The van der Waals surface area contributed by atoms with Crippen LogP contribution < -0.4 is 16.0 Å². The quantitative estimate of drug-likeness (QED) is 0.358. The van der Waals surface area contributed by atoms with E-state index in [-0.39, 0.29) is 37.8 Å². The van der Waals surface area contributed by atoms with E-state index in [9.17, 15) is 33.6 Å². The normalized spacial score (nSPS) is 27.8. The molecule has 0 spiro atoms. The fourth-order valence-electron chi connectivity index (χ4n) is 8.64. The van der Waals surface area contributed by atoms with Gasteiger partial charge in [-0.2, -0.15) is 0 Å².